The van der Waals surface area contributed by atoms with Crippen LogP contribution in [-0.2, 0) is 0 Å². The minimum absolute atomic E-state index is 0. The zero-order chi connectivity index (χ0) is 6.97. The van der Waals surface area contributed by atoms with Crippen LogP contribution in [0.4, 0.5) is 0 Å². The molecule has 1 atom stereocenters. The SMILES string of the molecule is SC1=NC2C=CC=CC2=N1.[NaH]. The molecule has 0 aromatic carbocycles. The first-order valence-corrected chi connectivity index (χ1v) is 3.51. The topological polar surface area (TPSA) is 24.7 Å². The Kier molecular flexibility index (Phi) is 3.13. The van der Waals surface area contributed by atoms with E-state index < -0.39 is 0 Å². The van der Waals surface area contributed by atoms with E-state index in [0.29, 0.717) is 5.17 Å². The molecule has 0 N–H and O–H groups in total. The van der Waals surface area contributed by atoms with Gasteiger partial charge in [-0.1, -0.05) is 18.2 Å². The molecule has 2 nitrogen and oxygen atoms in total. The van der Waals surface area contributed by atoms with Crippen LogP contribution in [0.1, 0.15) is 0 Å². The third-order valence-corrected chi connectivity index (χ3v) is 1.67. The van der Waals surface area contributed by atoms with Gasteiger partial charge in [0.25, 0.3) is 0 Å². The van der Waals surface area contributed by atoms with Crippen molar-refractivity contribution in [1.29, 1.82) is 0 Å². The van der Waals surface area contributed by atoms with E-state index in [2.05, 4.69) is 22.6 Å². The Morgan fingerprint density at radius 3 is 2.91 bits per heavy atom. The first-order chi connectivity index (χ1) is 4.86. The monoisotopic (exact) mass is 174 g/mol. The number of rotatable bonds is 0. The molecule has 1 aliphatic carbocycles. The average molecular weight is 174 g/mol. The van der Waals surface area contributed by atoms with Gasteiger partial charge >= 0.3 is 29.6 Å². The molecule has 0 radical (unpaired) electrons. The fraction of sp³-hybridized carbons (Fsp3) is 0.143. The van der Waals surface area contributed by atoms with Gasteiger partial charge in [-0.05, 0) is 6.08 Å². The summed E-state index contributed by atoms with van der Waals surface area (Å²) in [6.07, 6.45) is 7.89. The van der Waals surface area contributed by atoms with Crippen molar-refractivity contribution in [2.45, 2.75) is 6.04 Å². The number of hydrogen-bond donors (Lipinski definition) is 1. The van der Waals surface area contributed by atoms with E-state index in [1.54, 1.807) is 0 Å². The van der Waals surface area contributed by atoms with E-state index in [1.807, 2.05) is 24.3 Å². The molecule has 4 heteroatoms. The predicted octanol–water partition coefficient (Wildman–Crippen LogP) is 0.573. The molecule has 52 valence electrons. The molecule has 0 fully saturated rings. The Balaban J connectivity index is 0.000000605. The molecule has 1 heterocycles. The van der Waals surface area contributed by atoms with Gasteiger partial charge in [0.05, 0.1) is 5.71 Å². The Labute approximate surface area is 92.9 Å². The van der Waals surface area contributed by atoms with Crippen molar-refractivity contribution in [1.82, 2.24) is 0 Å². The molecule has 2 aliphatic rings. The molecule has 0 aromatic heterocycles. The molecule has 0 bridgehead atoms. The summed E-state index contributed by atoms with van der Waals surface area (Å²) >= 11 is 4.04. The van der Waals surface area contributed by atoms with Crippen molar-refractivity contribution >= 4 is 53.1 Å². The van der Waals surface area contributed by atoms with Crippen molar-refractivity contribution in [2.75, 3.05) is 0 Å². The van der Waals surface area contributed by atoms with Crippen molar-refractivity contribution in [3.05, 3.63) is 24.3 Å². The number of aliphatic imine (C=N–C) groups is 2. The molecule has 11 heavy (non-hydrogen) atoms. The van der Waals surface area contributed by atoms with Gasteiger partial charge in [-0.15, -0.1) is 12.6 Å². The van der Waals surface area contributed by atoms with E-state index in [1.165, 1.54) is 0 Å². The second-order valence-electron chi connectivity index (χ2n) is 2.15. The Hall–Kier alpha value is 0.170. The van der Waals surface area contributed by atoms with Crippen LogP contribution in [0.2, 0.25) is 0 Å². The first kappa shape index (κ1) is 9.26. The Morgan fingerprint density at radius 1 is 1.36 bits per heavy atom. The number of amidine groups is 1. The van der Waals surface area contributed by atoms with E-state index in [9.17, 15) is 0 Å². The third kappa shape index (κ3) is 1.85. The molecule has 0 amide bonds. The number of nitrogens with zero attached hydrogens (tertiary/aromatic N) is 2. The zero-order valence-electron chi connectivity index (χ0n) is 5.23. The fourth-order valence-electron chi connectivity index (χ4n) is 1.00. The van der Waals surface area contributed by atoms with Gasteiger partial charge in [0.1, 0.15) is 6.04 Å². The van der Waals surface area contributed by atoms with Crippen LogP contribution in [0, 0.1) is 0 Å². The number of hydrogen-bond acceptors (Lipinski definition) is 2. The molecule has 0 aromatic rings. The summed E-state index contributed by atoms with van der Waals surface area (Å²) in [5, 5.41) is 0.580. The summed E-state index contributed by atoms with van der Waals surface area (Å²) in [7, 11) is 0. The van der Waals surface area contributed by atoms with Crippen molar-refractivity contribution in [3.63, 3.8) is 0 Å². The fourth-order valence-corrected chi connectivity index (χ4v) is 1.24. The summed E-state index contributed by atoms with van der Waals surface area (Å²) in [6, 6.07) is 0.137. The van der Waals surface area contributed by atoms with E-state index in [0.717, 1.165) is 5.71 Å². The van der Waals surface area contributed by atoms with Crippen LogP contribution in [0.15, 0.2) is 34.3 Å². The molecule has 0 spiro atoms. The van der Waals surface area contributed by atoms with Crippen LogP contribution < -0.4 is 0 Å². The van der Waals surface area contributed by atoms with E-state index >= 15 is 0 Å². The summed E-state index contributed by atoms with van der Waals surface area (Å²) in [5.41, 5.74) is 0.993. The zero-order valence-corrected chi connectivity index (χ0v) is 6.12. The summed E-state index contributed by atoms with van der Waals surface area (Å²) in [5.74, 6) is 0. The van der Waals surface area contributed by atoms with Gasteiger partial charge in [-0.3, -0.25) is 0 Å². The quantitative estimate of drug-likeness (QED) is 0.410. The van der Waals surface area contributed by atoms with Crippen molar-refractivity contribution in [2.24, 2.45) is 9.98 Å². The first-order valence-electron chi connectivity index (χ1n) is 3.06. The van der Waals surface area contributed by atoms with Gasteiger partial charge in [-0.2, -0.15) is 0 Å². The van der Waals surface area contributed by atoms with E-state index in [4.69, 9.17) is 0 Å². The summed E-state index contributed by atoms with van der Waals surface area (Å²) in [4.78, 5) is 8.25. The molecule has 1 aliphatic heterocycles. The van der Waals surface area contributed by atoms with Gasteiger partial charge in [0.15, 0.2) is 5.17 Å². The standard InChI is InChI=1S/C7H6N2S.Na.H/c10-7-8-5-3-1-2-4-6(5)9-7;;/h1-5H,(H,8,10);;. The van der Waals surface area contributed by atoms with Crippen LogP contribution in [-0.4, -0.2) is 46.5 Å². The van der Waals surface area contributed by atoms with Crippen LogP contribution in [0.3, 0.4) is 0 Å². The molecule has 1 unspecified atom stereocenters. The normalized spacial score (nSPS) is 25.4. The van der Waals surface area contributed by atoms with Crippen molar-refractivity contribution in [3.8, 4) is 0 Å². The summed E-state index contributed by atoms with van der Waals surface area (Å²) < 4.78 is 0. The number of fused-ring (bicyclic) bond motifs is 1. The predicted molar refractivity (Wildman–Crippen MR) is 53.1 cm³/mol. The molecule has 2 rings (SSSR count). The van der Waals surface area contributed by atoms with Crippen LogP contribution >= 0.6 is 12.6 Å². The summed E-state index contributed by atoms with van der Waals surface area (Å²) in [6.45, 7) is 0. The third-order valence-electron chi connectivity index (χ3n) is 1.46. The van der Waals surface area contributed by atoms with Gasteiger partial charge in [0, 0.05) is 0 Å². The maximum atomic E-state index is 4.15. The second kappa shape index (κ2) is 3.72. The number of thiol groups is 1. The average Bonchev–Trinajstić information content (AvgIpc) is 2.27. The number of allylic oxidation sites excluding steroid dienone is 2. The second-order valence-corrected chi connectivity index (χ2v) is 2.55. The van der Waals surface area contributed by atoms with Crippen LogP contribution in [0.5, 0.6) is 0 Å². The Bertz CT molecular complexity index is 278. The van der Waals surface area contributed by atoms with Crippen LogP contribution in [0.25, 0.3) is 0 Å². The molecular formula is C7H7N2NaS. The minimum atomic E-state index is 0. The van der Waals surface area contributed by atoms with E-state index in [-0.39, 0.29) is 35.6 Å². The van der Waals surface area contributed by atoms with Gasteiger partial charge in [0.2, 0.25) is 0 Å². The van der Waals surface area contributed by atoms with Gasteiger partial charge in [-0.25, -0.2) is 9.98 Å². The molecule has 0 saturated carbocycles. The molecular weight excluding hydrogens is 167 g/mol. The van der Waals surface area contributed by atoms with Crippen molar-refractivity contribution < 1.29 is 0 Å². The Morgan fingerprint density at radius 2 is 2.18 bits per heavy atom. The molecule has 0 saturated heterocycles. The maximum absolute atomic E-state index is 4.15. The van der Waals surface area contributed by atoms with Gasteiger partial charge < -0.3 is 0 Å².